The van der Waals surface area contributed by atoms with Gasteiger partial charge < -0.3 is 10.0 Å². The van der Waals surface area contributed by atoms with E-state index >= 15 is 0 Å². The average Bonchev–Trinajstić information content (AvgIpc) is 2.10. The van der Waals surface area contributed by atoms with Crippen LogP contribution in [0.2, 0.25) is 0 Å². The monoisotopic (exact) mass is 167 g/mol. The SMILES string of the molecule is CC1CC(C[O-])N(C)C1.[K+]. The molecule has 1 heterocycles. The van der Waals surface area contributed by atoms with Gasteiger partial charge in [0.05, 0.1) is 0 Å². The van der Waals surface area contributed by atoms with Crippen LogP contribution in [0.5, 0.6) is 0 Å². The van der Waals surface area contributed by atoms with Gasteiger partial charge in [-0.1, -0.05) is 6.92 Å². The largest absolute Gasteiger partial charge is 1.00 e. The summed E-state index contributed by atoms with van der Waals surface area (Å²) < 4.78 is 0. The van der Waals surface area contributed by atoms with Crippen molar-refractivity contribution in [2.45, 2.75) is 19.4 Å². The molecule has 0 aromatic rings. The van der Waals surface area contributed by atoms with E-state index in [1.165, 1.54) is 0 Å². The second kappa shape index (κ2) is 5.25. The number of likely N-dealkylation sites (tertiary alicyclic amines) is 1. The number of nitrogens with zero attached hydrogens (tertiary/aromatic N) is 1. The molecule has 1 aliphatic heterocycles. The van der Waals surface area contributed by atoms with Crippen LogP contribution in [0.15, 0.2) is 0 Å². The van der Waals surface area contributed by atoms with E-state index in [0.717, 1.165) is 18.9 Å². The predicted octanol–water partition coefficient (Wildman–Crippen LogP) is -3.31. The quantitative estimate of drug-likeness (QED) is 0.382. The molecule has 0 aromatic carbocycles. The first-order chi connectivity index (χ1) is 4.24. The standard InChI is InChI=1S/C7H14NO.K/c1-6-3-7(5-9)8(2)4-6;/h6-7H,3-5H2,1-2H3;/q-1;+1. The molecule has 54 valence electrons. The first-order valence-corrected chi connectivity index (χ1v) is 3.52. The molecule has 1 aliphatic rings. The van der Waals surface area contributed by atoms with Gasteiger partial charge in [-0.2, -0.15) is 0 Å². The van der Waals surface area contributed by atoms with Crippen molar-refractivity contribution in [1.82, 2.24) is 4.90 Å². The number of hydrogen-bond acceptors (Lipinski definition) is 2. The fourth-order valence-electron chi connectivity index (χ4n) is 1.55. The van der Waals surface area contributed by atoms with Crippen molar-refractivity contribution >= 4 is 0 Å². The summed E-state index contributed by atoms with van der Waals surface area (Å²) in [7, 11) is 2.03. The van der Waals surface area contributed by atoms with Crippen molar-refractivity contribution < 1.29 is 56.5 Å². The Bertz CT molecular complexity index is 99.6. The summed E-state index contributed by atoms with van der Waals surface area (Å²) in [5, 5.41) is 10.4. The fraction of sp³-hybridized carbons (Fsp3) is 1.00. The maximum absolute atomic E-state index is 10.4. The zero-order chi connectivity index (χ0) is 6.85. The van der Waals surface area contributed by atoms with Gasteiger partial charge >= 0.3 is 51.4 Å². The van der Waals surface area contributed by atoms with E-state index in [1.54, 1.807) is 0 Å². The third-order valence-electron chi connectivity index (χ3n) is 2.09. The smallest absolute Gasteiger partial charge is 0.853 e. The van der Waals surface area contributed by atoms with Crippen LogP contribution in [0, 0.1) is 5.92 Å². The minimum Gasteiger partial charge on any atom is -0.853 e. The minimum atomic E-state index is 0. The molecule has 0 aromatic heterocycles. The predicted molar refractivity (Wildman–Crippen MR) is 35.1 cm³/mol. The van der Waals surface area contributed by atoms with E-state index in [1.807, 2.05) is 7.05 Å². The number of likely N-dealkylation sites (N-methyl/N-ethyl adjacent to an activating group) is 1. The van der Waals surface area contributed by atoms with Crippen LogP contribution in [0.3, 0.4) is 0 Å². The molecule has 1 saturated heterocycles. The molecule has 2 nitrogen and oxygen atoms in total. The van der Waals surface area contributed by atoms with E-state index in [2.05, 4.69) is 11.8 Å². The van der Waals surface area contributed by atoms with Crippen LogP contribution in [0.1, 0.15) is 13.3 Å². The van der Waals surface area contributed by atoms with Crippen molar-refractivity contribution in [3.63, 3.8) is 0 Å². The van der Waals surface area contributed by atoms with Crippen molar-refractivity contribution in [3.05, 3.63) is 0 Å². The van der Waals surface area contributed by atoms with Crippen molar-refractivity contribution in [2.24, 2.45) is 5.92 Å². The van der Waals surface area contributed by atoms with Crippen LogP contribution < -0.4 is 56.5 Å². The second-order valence-corrected chi connectivity index (χ2v) is 3.10. The zero-order valence-corrected chi connectivity index (χ0v) is 10.3. The summed E-state index contributed by atoms with van der Waals surface area (Å²) in [6.45, 7) is 3.37. The summed E-state index contributed by atoms with van der Waals surface area (Å²) in [6.07, 6.45) is 1.10. The maximum atomic E-state index is 10.4. The van der Waals surface area contributed by atoms with Crippen LogP contribution in [-0.2, 0) is 0 Å². The molecule has 0 N–H and O–H groups in total. The molecular weight excluding hydrogens is 153 g/mol. The minimum absolute atomic E-state index is 0. The van der Waals surface area contributed by atoms with Crippen LogP contribution in [-0.4, -0.2) is 31.1 Å². The normalized spacial score (nSPS) is 33.9. The summed E-state index contributed by atoms with van der Waals surface area (Å²) in [6, 6.07) is 0.319. The molecule has 1 fully saturated rings. The Morgan fingerprint density at radius 1 is 1.60 bits per heavy atom. The Kier molecular flexibility index (Phi) is 6.06. The fourth-order valence-corrected chi connectivity index (χ4v) is 1.55. The first kappa shape index (κ1) is 11.6. The second-order valence-electron chi connectivity index (χ2n) is 3.10. The van der Waals surface area contributed by atoms with Gasteiger partial charge in [0.2, 0.25) is 0 Å². The number of hydrogen-bond donors (Lipinski definition) is 0. The van der Waals surface area contributed by atoms with Crippen LogP contribution in [0.25, 0.3) is 0 Å². The molecule has 0 spiro atoms. The molecule has 10 heavy (non-hydrogen) atoms. The topological polar surface area (TPSA) is 26.3 Å². The summed E-state index contributed by atoms with van der Waals surface area (Å²) >= 11 is 0. The molecule has 0 amide bonds. The Morgan fingerprint density at radius 3 is 2.40 bits per heavy atom. The third kappa shape index (κ3) is 2.89. The van der Waals surface area contributed by atoms with Crippen LogP contribution >= 0.6 is 0 Å². The Labute approximate surface area is 105 Å². The van der Waals surface area contributed by atoms with E-state index in [-0.39, 0.29) is 58.0 Å². The van der Waals surface area contributed by atoms with E-state index < -0.39 is 0 Å². The molecule has 2 atom stereocenters. The van der Waals surface area contributed by atoms with Crippen molar-refractivity contribution in [2.75, 3.05) is 20.2 Å². The van der Waals surface area contributed by atoms with Gasteiger partial charge in [0, 0.05) is 6.54 Å². The van der Waals surface area contributed by atoms with Gasteiger partial charge in [-0.05, 0) is 25.4 Å². The molecule has 0 bridgehead atoms. The van der Waals surface area contributed by atoms with Gasteiger partial charge in [-0.3, -0.25) is 0 Å². The Balaban J connectivity index is 0.000000810. The van der Waals surface area contributed by atoms with Crippen molar-refractivity contribution in [3.8, 4) is 0 Å². The molecule has 3 heteroatoms. The van der Waals surface area contributed by atoms with Crippen LogP contribution in [0.4, 0.5) is 0 Å². The van der Waals surface area contributed by atoms with Gasteiger partial charge in [-0.25, -0.2) is 0 Å². The molecule has 0 aliphatic carbocycles. The third-order valence-corrected chi connectivity index (χ3v) is 2.09. The van der Waals surface area contributed by atoms with E-state index in [4.69, 9.17) is 0 Å². The zero-order valence-electron chi connectivity index (χ0n) is 7.13. The maximum Gasteiger partial charge on any atom is 1.00 e. The van der Waals surface area contributed by atoms with Crippen molar-refractivity contribution in [1.29, 1.82) is 0 Å². The molecule has 2 unspecified atom stereocenters. The van der Waals surface area contributed by atoms with Gasteiger partial charge in [0.25, 0.3) is 0 Å². The molecule has 1 rings (SSSR count). The molecular formula is C7H14KNO. The summed E-state index contributed by atoms with van der Waals surface area (Å²) in [4.78, 5) is 2.16. The average molecular weight is 167 g/mol. The summed E-state index contributed by atoms with van der Waals surface area (Å²) in [5.74, 6) is 0.731. The molecule has 0 radical (unpaired) electrons. The Hall–Kier alpha value is 1.56. The first-order valence-electron chi connectivity index (χ1n) is 3.52. The number of rotatable bonds is 1. The summed E-state index contributed by atoms with van der Waals surface area (Å²) in [5.41, 5.74) is 0. The van der Waals surface area contributed by atoms with Gasteiger partial charge in [-0.15, -0.1) is 6.61 Å². The Morgan fingerprint density at radius 2 is 2.20 bits per heavy atom. The van der Waals surface area contributed by atoms with E-state index in [0.29, 0.717) is 6.04 Å². The van der Waals surface area contributed by atoms with Gasteiger partial charge in [0.15, 0.2) is 0 Å². The van der Waals surface area contributed by atoms with Gasteiger partial charge in [0.1, 0.15) is 0 Å². The molecule has 0 saturated carbocycles. The van der Waals surface area contributed by atoms with E-state index in [9.17, 15) is 5.11 Å².